The van der Waals surface area contributed by atoms with E-state index in [4.69, 9.17) is 14.6 Å². The van der Waals surface area contributed by atoms with E-state index in [-0.39, 0.29) is 24.2 Å². The van der Waals surface area contributed by atoms with E-state index in [1.54, 1.807) is 6.07 Å². The third-order valence-corrected chi connectivity index (χ3v) is 6.90. The van der Waals surface area contributed by atoms with E-state index in [2.05, 4.69) is 18.0 Å². The largest absolute Gasteiger partial charge is 0.482 e. The summed E-state index contributed by atoms with van der Waals surface area (Å²) in [6.45, 7) is 0.920. The van der Waals surface area contributed by atoms with Gasteiger partial charge in [0.15, 0.2) is 11.5 Å². The maximum atomic E-state index is 12.1. The molecule has 0 unspecified atom stereocenters. The van der Waals surface area contributed by atoms with E-state index in [9.17, 15) is 14.7 Å². The average molecular weight is 385 g/mol. The Labute approximate surface area is 162 Å². The molecule has 0 amide bonds. The number of likely N-dealkylation sites (N-methyl/N-ethyl adjacent to an activating group) is 1. The number of carboxylic acids is 1. The summed E-state index contributed by atoms with van der Waals surface area (Å²) in [6.07, 6.45) is 4.14. The van der Waals surface area contributed by atoms with Crippen molar-refractivity contribution in [3.05, 3.63) is 35.4 Å². The zero-order chi connectivity index (χ0) is 19.6. The van der Waals surface area contributed by atoms with Gasteiger partial charge in [-0.15, -0.1) is 0 Å². The minimum atomic E-state index is -1.04. The van der Waals surface area contributed by atoms with Crippen LogP contribution in [0.1, 0.15) is 30.4 Å². The molecule has 2 bridgehead atoms. The molecule has 5 rings (SSSR count). The van der Waals surface area contributed by atoms with Crippen LogP contribution in [0.3, 0.4) is 0 Å². The summed E-state index contributed by atoms with van der Waals surface area (Å²) in [5.41, 5.74) is 1.94. The lowest BCUT2D eigenvalue weighted by Crippen LogP contribution is -2.64. The zero-order valence-electron chi connectivity index (χ0n) is 15.6. The molecule has 5 atom stereocenters. The zero-order valence-corrected chi connectivity index (χ0v) is 15.6. The molecule has 148 valence electrons. The fourth-order valence-electron chi connectivity index (χ4n) is 5.69. The maximum Gasteiger partial charge on any atom is 0.311 e. The summed E-state index contributed by atoms with van der Waals surface area (Å²) in [5, 5.41) is 19.4. The molecule has 2 aliphatic heterocycles. The van der Waals surface area contributed by atoms with Crippen molar-refractivity contribution in [3.8, 4) is 11.5 Å². The van der Waals surface area contributed by atoms with Gasteiger partial charge in [-0.05, 0) is 38.1 Å². The number of likely N-dealkylation sites (tertiary alicyclic amines) is 1. The molecule has 1 aromatic carbocycles. The smallest absolute Gasteiger partial charge is 0.311 e. The molecule has 7 heteroatoms. The number of nitrogens with zero attached hydrogens (tertiary/aromatic N) is 1. The number of aliphatic hydroxyl groups excluding tert-OH is 1. The fourth-order valence-corrected chi connectivity index (χ4v) is 5.69. The summed E-state index contributed by atoms with van der Waals surface area (Å²) >= 11 is 0. The Bertz CT molecular complexity index is 895. The highest BCUT2D eigenvalue weighted by molar-refractivity contribution is 5.79. The van der Waals surface area contributed by atoms with Crippen molar-refractivity contribution in [1.82, 2.24) is 4.90 Å². The topological polar surface area (TPSA) is 96.3 Å². The molecule has 0 aromatic heterocycles. The Hall–Kier alpha value is -2.38. The first kappa shape index (κ1) is 17.7. The standard InChI is InChI=1S/C21H23NO6/c1-22-9-8-21-12-3-4-14(23)20(21)28-19-15(27-17(26)7-6-16(24)25)5-2-11(18(19)21)10-13(12)22/h2-5,12-14,20,23H,6-10H2,1H3,(H,24,25)/t12-,13+,14-,20-,21-/m0/s1. The monoisotopic (exact) mass is 385 g/mol. The first-order chi connectivity index (χ1) is 13.4. The molecule has 0 saturated carbocycles. The quantitative estimate of drug-likeness (QED) is 0.458. The lowest BCUT2D eigenvalue weighted by molar-refractivity contribution is -0.142. The number of carbonyl (C=O) groups is 2. The Balaban J connectivity index is 1.57. The second-order valence-corrected chi connectivity index (χ2v) is 8.28. The molecular formula is C21H23NO6. The number of esters is 1. The van der Waals surface area contributed by atoms with Crippen molar-refractivity contribution in [2.75, 3.05) is 13.6 Å². The average Bonchev–Trinajstić information content (AvgIpc) is 3.01. The van der Waals surface area contributed by atoms with Gasteiger partial charge in [0.25, 0.3) is 0 Å². The molecule has 1 saturated heterocycles. The SMILES string of the molecule is CN1CC[C@]23c4c5ccc(OC(=O)CCC(=O)O)c4O[C@H]2[C@@H](O)C=C[C@H]3[C@H]1C5. The predicted molar refractivity (Wildman–Crippen MR) is 98.4 cm³/mol. The lowest BCUT2D eigenvalue weighted by atomic mass is 9.53. The molecule has 2 heterocycles. The summed E-state index contributed by atoms with van der Waals surface area (Å²) in [6, 6.07) is 4.07. The van der Waals surface area contributed by atoms with Crippen LogP contribution in [-0.2, 0) is 21.4 Å². The first-order valence-electron chi connectivity index (χ1n) is 9.74. The van der Waals surface area contributed by atoms with Crippen molar-refractivity contribution in [1.29, 1.82) is 0 Å². The molecule has 2 N–H and O–H groups in total. The van der Waals surface area contributed by atoms with Crippen molar-refractivity contribution in [2.24, 2.45) is 5.92 Å². The highest BCUT2D eigenvalue weighted by atomic mass is 16.6. The maximum absolute atomic E-state index is 12.1. The molecule has 2 aliphatic carbocycles. The van der Waals surface area contributed by atoms with Crippen LogP contribution < -0.4 is 9.47 Å². The van der Waals surface area contributed by atoms with E-state index < -0.39 is 24.1 Å². The van der Waals surface area contributed by atoms with Gasteiger partial charge in [0.2, 0.25) is 0 Å². The van der Waals surface area contributed by atoms with Gasteiger partial charge in [-0.1, -0.05) is 18.2 Å². The molecule has 7 nitrogen and oxygen atoms in total. The molecule has 0 radical (unpaired) electrons. The van der Waals surface area contributed by atoms with E-state index in [1.165, 1.54) is 5.56 Å². The van der Waals surface area contributed by atoms with Crippen LogP contribution in [0.5, 0.6) is 11.5 Å². The van der Waals surface area contributed by atoms with Crippen LogP contribution in [-0.4, -0.2) is 58.9 Å². The number of rotatable bonds is 4. The van der Waals surface area contributed by atoms with Crippen molar-refractivity contribution >= 4 is 11.9 Å². The van der Waals surface area contributed by atoms with E-state index >= 15 is 0 Å². The molecule has 1 aromatic rings. The number of benzene rings is 1. The minimum Gasteiger partial charge on any atom is -0.482 e. The number of ether oxygens (including phenoxy) is 2. The van der Waals surface area contributed by atoms with E-state index in [0.29, 0.717) is 17.5 Å². The third kappa shape index (κ3) is 2.29. The number of aliphatic hydroxyl groups is 1. The second kappa shape index (κ2) is 6.06. The van der Waals surface area contributed by atoms with Gasteiger partial charge in [0, 0.05) is 22.9 Å². The summed E-state index contributed by atoms with van der Waals surface area (Å²) in [5.74, 6) is -0.529. The lowest BCUT2D eigenvalue weighted by Gasteiger charge is -2.56. The van der Waals surface area contributed by atoms with Gasteiger partial charge < -0.3 is 24.6 Å². The Morgan fingerprint density at radius 3 is 2.93 bits per heavy atom. The highest BCUT2D eigenvalue weighted by Crippen LogP contribution is 2.62. The number of hydrogen-bond donors (Lipinski definition) is 2. The Morgan fingerprint density at radius 1 is 1.32 bits per heavy atom. The Morgan fingerprint density at radius 2 is 2.14 bits per heavy atom. The second-order valence-electron chi connectivity index (χ2n) is 8.28. The summed E-state index contributed by atoms with van der Waals surface area (Å²) in [4.78, 5) is 25.2. The van der Waals surface area contributed by atoms with Gasteiger partial charge in [-0.3, -0.25) is 9.59 Å². The summed E-state index contributed by atoms with van der Waals surface area (Å²) in [7, 11) is 2.14. The van der Waals surface area contributed by atoms with Crippen LogP contribution in [0, 0.1) is 5.92 Å². The molecule has 28 heavy (non-hydrogen) atoms. The Kier molecular flexibility index (Phi) is 3.83. The molecule has 4 aliphatic rings. The van der Waals surface area contributed by atoms with Gasteiger partial charge in [-0.2, -0.15) is 0 Å². The van der Waals surface area contributed by atoms with Gasteiger partial charge in [0.1, 0.15) is 12.2 Å². The number of piperidine rings is 1. The highest BCUT2D eigenvalue weighted by Gasteiger charge is 2.64. The van der Waals surface area contributed by atoms with Crippen LogP contribution >= 0.6 is 0 Å². The predicted octanol–water partition coefficient (Wildman–Crippen LogP) is 1.26. The molecular weight excluding hydrogens is 362 g/mol. The summed E-state index contributed by atoms with van der Waals surface area (Å²) < 4.78 is 11.7. The van der Waals surface area contributed by atoms with E-state index in [1.807, 2.05) is 12.1 Å². The number of carboxylic acid groups (broad SMARTS) is 1. The third-order valence-electron chi connectivity index (χ3n) is 6.90. The molecule has 1 fully saturated rings. The van der Waals surface area contributed by atoms with Gasteiger partial charge in [-0.25, -0.2) is 0 Å². The minimum absolute atomic E-state index is 0.194. The molecule has 1 spiro atoms. The number of carbonyl (C=O) groups excluding carboxylic acids is 1. The van der Waals surface area contributed by atoms with Crippen LogP contribution in [0.4, 0.5) is 0 Å². The van der Waals surface area contributed by atoms with Gasteiger partial charge in [0.05, 0.1) is 12.8 Å². The number of hydrogen-bond acceptors (Lipinski definition) is 6. The van der Waals surface area contributed by atoms with Crippen molar-refractivity contribution in [2.45, 2.75) is 49.3 Å². The van der Waals surface area contributed by atoms with Gasteiger partial charge >= 0.3 is 11.9 Å². The van der Waals surface area contributed by atoms with Crippen LogP contribution in [0.15, 0.2) is 24.3 Å². The normalized spacial score (nSPS) is 34.5. The number of aliphatic carboxylic acids is 1. The van der Waals surface area contributed by atoms with Crippen LogP contribution in [0.2, 0.25) is 0 Å². The van der Waals surface area contributed by atoms with E-state index in [0.717, 1.165) is 24.9 Å². The fraction of sp³-hybridized carbons (Fsp3) is 0.524. The van der Waals surface area contributed by atoms with Crippen molar-refractivity contribution in [3.63, 3.8) is 0 Å². The first-order valence-corrected chi connectivity index (χ1v) is 9.74. The van der Waals surface area contributed by atoms with Crippen molar-refractivity contribution < 1.29 is 29.3 Å². The van der Waals surface area contributed by atoms with Crippen LogP contribution in [0.25, 0.3) is 0 Å².